The molecular formula is C21H24FN3O3. The van der Waals surface area contributed by atoms with E-state index in [9.17, 15) is 18.8 Å². The number of ketones is 1. The summed E-state index contributed by atoms with van der Waals surface area (Å²) in [5.41, 5.74) is 1.85. The predicted octanol–water partition coefficient (Wildman–Crippen LogP) is 2.61. The molecule has 2 aromatic carbocycles. The van der Waals surface area contributed by atoms with Gasteiger partial charge in [0.1, 0.15) is 5.82 Å². The molecule has 0 aliphatic rings. The second kappa shape index (κ2) is 10.3. The van der Waals surface area contributed by atoms with Gasteiger partial charge in [-0.25, -0.2) is 4.39 Å². The van der Waals surface area contributed by atoms with Crippen LogP contribution in [0, 0.1) is 5.82 Å². The molecule has 2 aromatic rings. The number of carbonyl (C=O) groups excluding carboxylic acids is 3. The predicted molar refractivity (Wildman–Crippen MR) is 105 cm³/mol. The summed E-state index contributed by atoms with van der Waals surface area (Å²) >= 11 is 0. The largest absolute Gasteiger partial charge is 0.351 e. The van der Waals surface area contributed by atoms with E-state index in [0.717, 1.165) is 5.56 Å². The third kappa shape index (κ3) is 6.92. The van der Waals surface area contributed by atoms with Crippen LogP contribution in [0.3, 0.4) is 0 Å². The average Bonchev–Trinajstić information content (AvgIpc) is 2.67. The Labute approximate surface area is 163 Å². The van der Waals surface area contributed by atoms with Crippen LogP contribution in [0.25, 0.3) is 0 Å². The Hall–Kier alpha value is -3.06. The van der Waals surface area contributed by atoms with E-state index >= 15 is 0 Å². The molecule has 148 valence electrons. The summed E-state index contributed by atoms with van der Waals surface area (Å²) in [5, 5.41) is 5.49. The van der Waals surface area contributed by atoms with Crippen molar-refractivity contribution in [2.75, 3.05) is 25.0 Å². The summed E-state index contributed by atoms with van der Waals surface area (Å²) in [7, 11) is 0. The van der Waals surface area contributed by atoms with Gasteiger partial charge in [0, 0.05) is 17.8 Å². The smallest absolute Gasteiger partial charge is 0.238 e. The number of hydrogen-bond donors (Lipinski definition) is 2. The maximum atomic E-state index is 12.9. The van der Waals surface area contributed by atoms with Crippen molar-refractivity contribution in [3.05, 3.63) is 65.5 Å². The SMILES string of the molecule is CCN(CC(=O)NCc1ccc(F)cc1)CC(=O)Nc1cccc(C(C)=O)c1. The Morgan fingerprint density at radius 3 is 2.32 bits per heavy atom. The van der Waals surface area contributed by atoms with Gasteiger partial charge in [-0.3, -0.25) is 19.3 Å². The molecule has 0 aliphatic heterocycles. The zero-order valence-corrected chi connectivity index (χ0v) is 16.0. The van der Waals surface area contributed by atoms with Gasteiger partial charge in [0.05, 0.1) is 13.1 Å². The number of Topliss-reactive ketones (excluding diaryl/α,β-unsaturated/α-hetero) is 1. The highest BCUT2D eigenvalue weighted by Gasteiger charge is 2.13. The van der Waals surface area contributed by atoms with Crippen LogP contribution in [-0.4, -0.2) is 42.1 Å². The lowest BCUT2D eigenvalue weighted by Crippen LogP contribution is -2.40. The zero-order valence-electron chi connectivity index (χ0n) is 16.0. The molecule has 0 bridgehead atoms. The molecule has 0 radical (unpaired) electrons. The maximum Gasteiger partial charge on any atom is 0.238 e. The first-order valence-corrected chi connectivity index (χ1v) is 9.01. The lowest BCUT2D eigenvalue weighted by atomic mass is 10.1. The first-order valence-electron chi connectivity index (χ1n) is 9.01. The number of carbonyl (C=O) groups is 3. The summed E-state index contributed by atoms with van der Waals surface area (Å²) < 4.78 is 12.9. The highest BCUT2D eigenvalue weighted by Crippen LogP contribution is 2.11. The Morgan fingerprint density at radius 2 is 1.68 bits per heavy atom. The quantitative estimate of drug-likeness (QED) is 0.651. The Kier molecular flexibility index (Phi) is 7.83. The van der Waals surface area contributed by atoms with Gasteiger partial charge >= 0.3 is 0 Å². The van der Waals surface area contributed by atoms with E-state index in [4.69, 9.17) is 0 Å². The van der Waals surface area contributed by atoms with Crippen molar-refractivity contribution in [1.29, 1.82) is 0 Å². The Balaban J connectivity index is 1.82. The normalized spacial score (nSPS) is 10.6. The van der Waals surface area contributed by atoms with Crippen LogP contribution in [0.15, 0.2) is 48.5 Å². The molecule has 0 saturated carbocycles. The number of benzene rings is 2. The third-order valence-corrected chi connectivity index (χ3v) is 4.14. The van der Waals surface area contributed by atoms with Gasteiger partial charge in [0.25, 0.3) is 0 Å². The van der Waals surface area contributed by atoms with Gasteiger partial charge in [0.2, 0.25) is 11.8 Å². The highest BCUT2D eigenvalue weighted by molar-refractivity contribution is 5.97. The topological polar surface area (TPSA) is 78.5 Å². The van der Waals surface area contributed by atoms with E-state index in [1.165, 1.54) is 19.1 Å². The molecular weight excluding hydrogens is 361 g/mol. The first-order chi connectivity index (χ1) is 13.4. The molecule has 7 heteroatoms. The Morgan fingerprint density at radius 1 is 1.00 bits per heavy atom. The van der Waals surface area contributed by atoms with Crippen molar-refractivity contribution in [3.63, 3.8) is 0 Å². The molecule has 2 amide bonds. The first kappa shape index (κ1) is 21.2. The number of anilines is 1. The van der Waals surface area contributed by atoms with Gasteiger partial charge in [0.15, 0.2) is 5.78 Å². The lowest BCUT2D eigenvalue weighted by molar-refractivity contribution is -0.123. The number of nitrogens with one attached hydrogen (secondary N) is 2. The van der Waals surface area contributed by atoms with Gasteiger partial charge in [-0.05, 0) is 43.3 Å². The second-order valence-corrected chi connectivity index (χ2v) is 6.39. The number of rotatable bonds is 9. The van der Waals surface area contributed by atoms with Crippen LogP contribution in [0.4, 0.5) is 10.1 Å². The van der Waals surface area contributed by atoms with Crippen LogP contribution in [-0.2, 0) is 16.1 Å². The number of amides is 2. The van der Waals surface area contributed by atoms with E-state index in [0.29, 0.717) is 24.3 Å². The van der Waals surface area contributed by atoms with Crippen LogP contribution in [0.1, 0.15) is 29.8 Å². The van der Waals surface area contributed by atoms with Crippen LogP contribution in [0.5, 0.6) is 0 Å². The molecule has 28 heavy (non-hydrogen) atoms. The monoisotopic (exact) mass is 385 g/mol. The summed E-state index contributed by atoms with van der Waals surface area (Å²) in [6.07, 6.45) is 0. The average molecular weight is 385 g/mol. The van der Waals surface area contributed by atoms with Crippen molar-refractivity contribution < 1.29 is 18.8 Å². The van der Waals surface area contributed by atoms with Gasteiger partial charge in [-0.1, -0.05) is 31.2 Å². The molecule has 2 N–H and O–H groups in total. The van der Waals surface area contributed by atoms with Crippen molar-refractivity contribution >= 4 is 23.3 Å². The van der Waals surface area contributed by atoms with E-state index < -0.39 is 0 Å². The molecule has 0 atom stereocenters. The number of nitrogens with zero attached hydrogens (tertiary/aromatic N) is 1. The molecule has 6 nitrogen and oxygen atoms in total. The van der Waals surface area contributed by atoms with E-state index in [-0.39, 0.29) is 36.5 Å². The van der Waals surface area contributed by atoms with Crippen LogP contribution >= 0.6 is 0 Å². The van der Waals surface area contributed by atoms with Crippen molar-refractivity contribution in [1.82, 2.24) is 10.2 Å². The fourth-order valence-electron chi connectivity index (χ4n) is 2.56. The Bertz CT molecular complexity index is 837. The zero-order chi connectivity index (χ0) is 20.5. The summed E-state index contributed by atoms with van der Waals surface area (Å²) in [6, 6.07) is 12.6. The molecule has 0 fully saturated rings. The molecule has 0 unspecified atom stereocenters. The number of halogens is 1. The van der Waals surface area contributed by atoms with E-state index in [1.807, 2.05) is 6.92 Å². The van der Waals surface area contributed by atoms with Gasteiger partial charge < -0.3 is 10.6 Å². The summed E-state index contributed by atoms with van der Waals surface area (Å²) in [6.45, 7) is 4.25. The minimum atomic E-state index is -0.327. The molecule has 2 rings (SSSR count). The van der Waals surface area contributed by atoms with E-state index in [1.54, 1.807) is 41.3 Å². The van der Waals surface area contributed by atoms with Crippen LogP contribution < -0.4 is 10.6 Å². The molecule has 0 aromatic heterocycles. The van der Waals surface area contributed by atoms with Crippen molar-refractivity contribution in [2.24, 2.45) is 0 Å². The minimum absolute atomic E-state index is 0.0464. The molecule has 0 aliphatic carbocycles. The molecule has 0 saturated heterocycles. The fraction of sp³-hybridized carbons (Fsp3) is 0.286. The number of hydrogen-bond acceptors (Lipinski definition) is 4. The lowest BCUT2D eigenvalue weighted by Gasteiger charge is -2.19. The molecule has 0 heterocycles. The van der Waals surface area contributed by atoms with Gasteiger partial charge in [-0.2, -0.15) is 0 Å². The minimum Gasteiger partial charge on any atom is -0.351 e. The third-order valence-electron chi connectivity index (χ3n) is 4.14. The standard InChI is InChI=1S/C21H24FN3O3/c1-3-25(13-20(27)23-12-16-7-9-18(22)10-8-16)14-21(28)24-19-6-4-5-17(11-19)15(2)26/h4-11H,3,12-14H2,1-2H3,(H,23,27)(H,24,28). The highest BCUT2D eigenvalue weighted by atomic mass is 19.1. The molecule has 0 spiro atoms. The van der Waals surface area contributed by atoms with Gasteiger partial charge in [-0.15, -0.1) is 0 Å². The second-order valence-electron chi connectivity index (χ2n) is 6.39. The summed E-state index contributed by atoms with van der Waals surface area (Å²) in [4.78, 5) is 37.5. The van der Waals surface area contributed by atoms with Crippen molar-refractivity contribution in [3.8, 4) is 0 Å². The number of likely N-dealkylation sites (N-methyl/N-ethyl adjacent to an activating group) is 1. The van der Waals surface area contributed by atoms with Crippen molar-refractivity contribution in [2.45, 2.75) is 20.4 Å². The summed E-state index contributed by atoms with van der Waals surface area (Å²) in [5.74, 6) is -0.900. The van der Waals surface area contributed by atoms with E-state index in [2.05, 4.69) is 10.6 Å². The fourth-order valence-corrected chi connectivity index (χ4v) is 2.56. The van der Waals surface area contributed by atoms with Crippen LogP contribution in [0.2, 0.25) is 0 Å². The maximum absolute atomic E-state index is 12.9.